The number of aliphatic carboxylic acids is 2. The first-order valence-corrected chi connectivity index (χ1v) is 34.0. The van der Waals surface area contributed by atoms with Crippen molar-refractivity contribution < 1.29 is 38.9 Å². The zero-order valence-corrected chi connectivity index (χ0v) is 54.3. The second-order valence-corrected chi connectivity index (χ2v) is 23.4. The fraction of sp³-hybridized carbons (Fsp3) is 0.941. The molecule has 0 heterocycles. The van der Waals surface area contributed by atoms with Crippen LogP contribution in [0.2, 0.25) is 0 Å². The number of carbonyl (C=O) groups excluding carboxylic acids is 4. The van der Waals surface area contributed by atoms with Crippen LogP contribution in [0.15, 0.2) is 0 Å². The van der Waals surface area contributed by atoms with Gasteiger partial charge in [-0.1, -0.05) is 297 Å². The predicted octanol–water partition coefficient (Wildman–Crippen LogP) is 19.6. The van der Waals surface area contributed by atoms with Gasteiger partial charge in [0.1, 0.15) is 12.2 Å². The van der Waals surface area contributed by atoms with Crippen LogP contribution in [-0.4, -0.2) is 73.8 Å². The third-order valence-electron chi connectivity index (χ3n) is 15.6. The van der Waals surface area contributed by atoms with E-state index in [0.717, 1.165) is 116 Å². The minimum absolute atomic E-state index is 0. The van der Waals surface area contributed by atoms with Gasteiger partial charge in [-0.2, -0.15) is 0 Å². The van der Waals surface area contributed by atoms with E-state index >= 15 is 0 Å². The van der Waals surface area contributed by atoms with Gasteiger partial charge in [-0.3, -0.25) is 9.59 Å². The van der Waals surface area contributed by atoms with Crippen molar-refractivity contribution in [3.63, 3.8) is 0 Å². The van der Waals surface area contributed by atoms with E-state index in [0.29, 0.717) is 25.7 Å². The zero-order valence-electron chi connectivity index (χ0n) is 52.1. The Kier molecular flexibility index (Phi) is 72.4. The molecule has 0 aromatic carbocycles. The Labute approximate surface area is 509 Å². The van der Waals surface area contributed by atoms with Gasteiger partial charge in [0.2, 0.25) is 0 Å². The van der Waals surface area contributed by atoms with E-state index in [-0.39, 0.29) is 74.7 Å². The maximum Gasteiger partial charge on any atom is 2.00 e. The van der Waals surface area contributed by atoms with E-state index in [1.54, 1.807) is 0 Å². The molecule has 0 aliphatic carbocycles. The minimum Gasteiger partial charge on any atom is -0.550 e. The van der Waals surface area contributed by atoms with Crippen molar-refractivity contribution in [2.75, 3.05) is 0 Å². The summed E-state index contributed by atoms with van der Waals surface area (Å²) in [5.41, 5.74) is 0. The van der Waals surface area contributed by atoms with Gasteiger partial charge in [0, 0.05) is 24.8 Å². The molecule has 0 N–H and O–H groups in total. The SMILES string of the molecule is CCCCCCCCCCCCCCCC(=O)OC(CCCCCCCCC)CCCCCCCC(=O)[O-].CCCCCCCCCCCCCCCC(=O)OC(CCCCCCCCC)CCCCCCCC(=O)[O-].[Ca+2]. The molecule has 2 atom stereocenters. The van der Waals surface area contributed by atoms with Gasteiger partial charge >= 0.3 is 49.7 Å². The summed E-state index contributed by atoms with van der Waals surface area (Å²) in [6, 6.07) is 0. The van der Waals surface area contributed by atoms with Crippen LogP contribution < -0.4 is 10.2 Å². The molecule has 0 fully saturated rings. The largest absolute Gasteiger partial charge is 2.00 e. The summed E-state index contributed by atoms with van der Waals surface area (Å²) in [6.07, 6.45) is 67.2. The summed E-state index contributed by atoms with van der Waals surface area (Å²) < 4.78 is 11.9. The number of carboxylic acid groups (broad SMARTS) is 2. The van der Waals surface area contributed by atoms with Crippen molar-refractivity contribution in [3.05, 3.63) is 0 Å². The molecule has 8 nitrogen and oxygen atoms in total. The van der Waals surface area contributed by atoms with Gasteiger partial charge in [-0.25, -0.2) is 0 Å². The van der Waals surface area contributed by atoms with Crippen LogP contribution in [0, 0.1) is 0 Å². The Bertz CT molecular complexity index is 1110. The van der Waals surface area contributed by atoms with Crippen molar-refractivity contribution >= 4 is 61.6 Å². The molecule has 0 saturated carbocycles. The van der Waals surface area contributed by atoms with Crippen molar-refractivity contribution in [2.45, 2.75) is 412 Å². The zero-order chi connectivity index (χ0) is 55.9. The number of carbonyl (C=O) groups is 4. The monoisotopic (exact) mass is 1110 g/mol. The molecule has 0 aromatic heterocycles. The van der Waals surface area contributed by atoms with Gasteiger partial charge in [0.25, 0.3) is 0 Å². The van der Waals surface area contributed by atoms with Crippen molar-refractivity contribution in [2.24, 2.45) is 0 Å². The number of hydrogen-bond donors (Lipinski definition) is 0. The van der Waals surface area contributed by atoms with Gasteiger partial charge in [-0.15, -0.1) is 0 Å². The van der Waals surface area contributed by atoms with Crippen LogP contribution in [0.3, 0.4) is 0 Å². The smallest absolute Gasteiger partial charge is 0.550 e. The van der Waals surface area contributed by atoms with Crippen LogP contribution in [0.4, 0.5) is 0 Å². The Morgan fingerprint density at radius 3 is 0.584 bits per heavy atom. The number of rotatable bonds is 62. The number of carboxylic acids is 2. The second kappa shape index (κ2) is 69.4. The Hall–Kier alpha value is -0.860. The molecule has 0 radical (unpaired) electrons. The molecule has 9 heteroatoms. The molecule has 0 saturated heterocycles. The number of unbranched alkanes of at least 4 members (excludes halogenated alkanes) is 44. The van der Waals surface area contributed by atoms with Gasteiger partial charge < -0.3 is 29.3 Å². The molecule has 0 aliphatic rings. The van der Waals surface area contributed by atoms with Gasteiger partial charge in [0.05, 0.1) is 0 Å². The molecule has 0 bridgehead atoms. The summed E-state index contributed by atoms with van der Waals surface area (Å²) in [7, 11) is 0. The Balaban J connectivity index is -0.00000140. The molecule has 0 amide bonds. The summed E-state index contributed by atoms with van der Waals surface area (Å²) in [5.74, 6) is -1.91. The van der Waals surface area contributed by atoms with Crippen LogP contribution in [-0.2, 0) is 28.7 Å². The van der Waals surface area contributed by atoms with E-state index in [1.807, 2.05) is 0 Å². The standard InChI is InChI=1S/2C34H66O4.Ca/c2*1-3-5-7-9-11-12-13-14-15-16-18-23-27-31-34(37)38-32(28-24-20-17-10-8-6-4-2)29-25-21-19-22-26-30-33(35)36;/h2*32H,3-31H2,1-2H3,(H,35,36);/q;;+2/p-2. The van der Waals surface area contributed by atoms with Crippen LogP contribution in [0.1, 0.15) is 400 Å². The fourth-order valence-corrected chi connectivity index (χ4v) is 10.6. The molecule has 77 heavy (non-hydrogen) atoms. The van der Waals surface area contributed by atoms with Gasteiger partial charge in [-0.05, 0) is 89.9 Å². The summed E-state index contributed by atoms with van der Waals surface area (Å²) in [6.45, 7) is 9.05. The molecule has 2 unspecified atom stereocenters. The molecule has 0 rings (SSSR count). The van der Waals surface area contributed by atoms with Crippen LogP contribution >= 0.6 is 0 Å². The first-order chi connectivity index (χ1) is 37.2. The van der Waals surface area contributed by atoms with Crippen LogP contribution in [0.25, 0.3) is 0 Å². The normalized spacial score (nSPS) is 11.9. The summed E-state index contributed by atoms with van der Waals surface area (Å²) in [5, 5.41) is 21.1. The van der Waals surface area contributed by atoms with Crippen molar-refractivity contribution in [1.82, 2.24) is 0 Å². The number of esters is 2. The maximum absolute atomic E-state index is 12.5. The summed E-state index contributed by atoms with van der Waals surface area (Å²) in [4.78, 5) is 46.1. The topological polar surface area (TPSA) is 133 Å². The Morgan fingerprint density at radius 1 is 0.247 bits per heavy atom. The van der Waals surface area contributed by atoms with Crippen molar-refractivity contribution in [3.8, 4) is 0 Å². The molecular formula is C68H130CaO8. The van der Waals surface area contributed by atoms with E-state index in [4.69, 9.17) is 9.47 Å². The molecule has 0 spiro atoms. The first kappa shape index (κ1) is 80.4. The number of hydrogen-bond acceptors (Lipinski definition) is 8. The molecule has 0 aromatic rings. The third kappa shape index (κ3) is 71.2. The molecule has 452 valence electrons. The molecular weight excluding hydrogens is 985 g/mol. The average Bonchev–Trinajstić information content (AvgIpc) is 3.40. The van der Waals surface area contributed by atoms with E-state index in [2.05, 4.69) is 27.7 Å². The van der Waals surface area contributed by atoms with E-state index in [1.165, 1.54) is 218 Å². The van der Waals surface area contributed by atoms with Crippen LogP contribution in [0.5, 0.6) is 0 Å². The Morgan fingerprint density at radius 2 is 0.403 bits per heavy atom. The second-order valence-electron chi connectivity index (χ2n) is 23.4. The predicted molar refractivity (Wildman–Crippen MR) is 326 cm³/mol. The first-order valence-electron chi connectivity index (χ1n) is 34.0. The van der Waals surface area contributed by atoms with E-state index in [9.17, 15) is 29.4 Å². The van der Waals surface area contributed by atoms with Gasteiger partial charge in [0.15, 0.2) is 0 Å². The third-order valence-corrected chi connectivity index (χ3v) is 15.6. The maximum atomic E-state index is 12.5. The van der Waals surface area contributed by atoms with Crippen molar-refractivity contribution in [1.29, 1.82) is 0 Å². The van der Waals surface area contributed by atoms with E-state index < -0.39 is 11.9 Å². The summed E-state index contributed by atoms with van der Waals surface area (Å²) >= 11 is 0. The fourth-order valence-electron chi connectivity index (χ4n) is 10.6. The number of ether oxygens (including phenoxy) is 2. The minimum atomic E-state index is -0.949. The quantitative estimate of drug-likeness (QED) is 0.0334. The molecule has 0 aliphatic heterocycles. The average molecular weight is 1120 g/mol.